The third kappa shape index (κ3) is 13.0. The van der Waals surface area contributed by atoms with Crippen molar-refractivity contribution in [1.82, 2.24) is 24.9 Å². The van der Waals surface area contributed by atoms with Crippen molar-refractivity contribution >= 4 is 53.1 Å². The highest BCUT2D eigenvalue weighted by atomic mass is 19.3. The van der Waals surface area contributed by atoms with E-state index in [1.165, 1.54) is 4.90 Å². The molecule has 4 aliphatic heterocycles. The first-order chi connectivity index (χ1) is 36.0. The van der Waals surface area contributed by atoms with Gasteiger partial charge in [-0.3, -0.25) is 24.0 Å². The number of amides is 7. The number of aryl methyl sites for hydroxylation is 2. The average molecular weight is 1080 g/mol. The number of ether oxygens (including phenoxy) is 4. The Kier molecular flexibility index (Phi) is 17.2. The second kappa shape index (κ2) is 22.6. The molecule has 2 spiro atoms. The van der Waals surface area contributed by atoms with Crippen molar-refractivity contribution in [3.8, 4) is 11.5 Å². The van der Waals surface area contributed by atoms with Crippen molar-refractivity contribution in [2.24, 2.45) is 5.73 Å². The van der Waals surface area contributed by atoms with Gasteiger partial charge >= 0.3 is 18.6 Å². The van der Waals surface area contributed by atoms with E-state index in [0.29, 0.717) is 117 Å². The molecule has 2 saturated carbocycles. The molecule has 2 saturated heterocycles. The Labute approximate surface area is 451 Å². The number of carbonyl (C=O) groups excluding carboxylic acids is 7. The van der Waals surface area contributed by atoms with Gasteiger partial charge in [-0.1, -0.05) is 0 Å². The van der Waals surface area contributed by atoms with E-state index >= 15 is 0 Å². The van der Waals surface area contributed by atoms with Crippen LogP contribution in [-0.4, -0.2) is 167 Å². The molecule has 19 nitrogen and oxygen atoms in total. The van der Waals surface area contributed by atoms with Crippen molar-refractivity contribution < 1.29 is 61.3 Å². The summed E-state index contributed by atoms with van der Waals surface area (Å²) >= 11 is 0. The van der Waals surface area contributed by atoms with Crippen LogP contribution in [0.1, 0.15) is 152 Å². The molecule has 2 aromatic carbocycles. The topological polar surface area (TPSA) is 214 Å². The summed E-state index contributed by atoms with van der Waals surface area (Å²) in [5.41, 5.74) is 6.17. The molecule has 77 heavy (non-hydrogen) atoms. The molecular weight excluding hydrogens is 999 g/mol. The summed E-state index contributed by atoms with van der Waals surface area (Å²) in [7, 11) is 0. The number of alkyl halides is 2. The van der Waals surface area contributed by atoms with E-state index < -0.39 is 40.8 Å². The van der Waals surface area contributed by atoms with Gasteiger partial charge in [0.05, 0.1) is 23.5 Å². The van der Waals surface area contributed by atoms with Gasteiger partial charge in [-0.05, 0) is 144 Å². The van der Waals surface area contributed by atoms with Crippen LogP contribution in [0, 0.1) is 13.8 Å². The fraction of sp³-hybridized carbons (Fsp3) is 0.661. The lowest BCUT2D eigenvalue weighted by Crippen LogP contribution is -2.54. The van der Waals surface area contributed by atoms with Crippen LogP contribution in [0.3, 0.4) is 0 Å². The molecule has 3 N–H and O–H groups in total. The van der Waals surface area contributed by atoms with Crippen LogP contribution in [0.5, 0.6) is 11.5 Å². The van der Waals surface area contributed by atoms with E-state index in [1.54, 1.807) is 44.7 Å². The van der Waals surface area contributed by atoms with E-state index in [2.05, 4.69) is 5.32 Å². The summed E-state index contributed by atoms with van der Waals surface area (Å²) in [5, 5.41) is 2.14. The van der Waals surface area contributed by atoms with Gasteiger partial charge < -0.3 is 59.4 Å². The minimum atomic E-state index is -3.16. The first-order valence-corrected chi connectivity index (χ1v) is 27.2. The average Bonchev–Trinajstić information content (AvgIpc) is 4.37. The maximum Gasteiger partial charge on any atom is 0.410 e. The largest absolute Gasteiger partial charge is 0.475 e. The normalized spacial score (nSPS) is 20.2. The van der Waals surface area contributed by atoms with Crippen molar-refractivity contribution in [2.45, 2.75) is 187 Å². The minimum absolute atomic E-state index is 0.0482. The summed E-state index contributed by atoms with van der Waals surface area (Å²) in [4.78, 5) is 102. The lowest BCUT2D eigenvalue weighted by Gasteiger charge is -2.42. The fourth-order valence-corrected chi connectivity index (χ4v) is 10.7. The molecule has 2 aliphatic carbocycles. The van der Waals surface area contributed by atoms with E-state index in [-0.39, 0.29) is 67.0 Å². The quantitative estimate of drug-likeness (QED) is 0.214. The minimum Gasteiger partial charge on any atom is -0.475 e. The highest BCUT2D eigenvalue weighted by Crippen LogP contribution is 2.51. The number of hydrogen-bond acceptors (Lipinski definition) is 12. The smallest absolute Gasteiger partial charge is 0.410 e. The second-order valence-corrected chi connectivity index (χ2v) is 23.8. The number of anilines is 2. The van der Waals surface area contributed by atoms with Crippen LogP contribution in [0.25, 0.3) is 0 Å². The Morgan fingerprint density at radius 1 is 0.688 bits per heavy atom. The highest BCUT2D eigenvalue weighted by Gasteiger charge is 2.59. The zero-order valence-electron chi connectivity index (χ0n) is 47.0. The fourth-order valence-electron chi connectivity index (χ4n) is 10.7. The van der Waals surface area contributed by atoms with E-state index in [9.17, 15) is 42.3 Å². The lowest BCUT2D eigenvalue weighted by molar-refractivity contribution is -0.132. The number of piperidine rings is 2. The van der Waals surface area contributed by atoms with E-state index in [4.69, 9.17) is 24.7 Å². The number of fused-ring (bicyclic) bond motifs is 2. The Balaban J connectivity index is 0.000000225. The molecule has 0 radical (unpaired) electrons. The number of carbonyl (C=O) groups is 7. The number of hydrogen-bond donors (Lipinski definition) is 2. The van der Waals surface area contributed by atoms with Crippen molar-refractivity contribution in [1.29, 1.82) is 0 Å². The predicted octanol–water partition coefficient (Wildman–Crippen LogP) is 7.35. The molecule has 21 heteroatoms. The van der Waals surface area contributed by atoms with Gasteiger partial charge in [-0.15, -0.1) is 0 Å². The molecule has 2 aromatic rings. The van der Waals surface area contributed by atoms with Crippen molar-refractivity contribution in [3.63, 3.8) is 0 Å². The molecular formula is C56H80F2N8O11. The highest BCUT2D eigenvalue weighted by molar-refractivity contribution is 6.08. The van der Waals surface area contributed by atoms with Crippen molar-refractivity contribution in [3.05, 3.63) is 46.5 Å². The molecule has 4 heterocycles. The first kappa shape index (κ1) is 58.4. The zero-order valence-corrected chi connectivity index (χ0v) is 47.0. The summed E-state index contributed by atoms with van der Waals surface area (Å²) < 4.78 is 48.7. The molecule has 0 bridgehead atoms. The van der Waals surface area contributed by atoms with Gasteiger partial charge in [0.25, 0.3) is 29.5 Å². The Bertz CT molecular complexity index is 2610. The number of nitrogens with zero attached hydrogens (tertiary/aromatic N) is 6. The van der Waals surface area contributed by atoms with Gasteiger partial charge in [-0.2, -0.15) is 8.78 Å². The van der Waals surface area contributed by atoms with E-state index in [0.717, 1.165) is 18.4 Å². The molecule has 7 amide bonds. The Morgan fingerprint density at radius 3 is 1.42 bits per heavy atom. The molecule has 6 aliphatic rings. The summed E-state index contributed by atoms with van der Waals surface area (Å²) in [6.45, 7) is 24.9. The predicted molar refractivity (Wildman–Crippen MR) is 285 cm³/mol. The number of benzene rings is 2. The van der Waals surface area contributed by atoms with Gasteiger partial charge in [0.1, 0.15) is 22.7 Å². The Morgan fingerprint density at radius 2 is 1.08 bits per heavy atom. The third-order valence-electron chi connectivity index (χ3n) is 14.6. The monoisotopic (exact) mass is 1080 g/mol. The SMILES string of the molecule is Cc1cc2c(cc1C(=O)N(C(C)C)[C@@H]1CCCN(C(=O)OC(C)(C)C)C1)N(CCN)C(=O)C1(CC1)O2.Cc1cc2c(cc1C(=O)N(C(C)C)[C@@H]1CCCN(C(=O)OC(C)(C)C)C1)N(CCNC(=O)C(F)F)C(=O)C1(CC1)O2. The number of nitrogens with one attached hydrogen (secondary N) is 1. The zero-order chi connectivity index (χ0) is 56.7. The third-order valence-corrected chi connectivity index (χ3v) is 14.6. The standard InChI is InChI=1S/C29H40F2N4O6.C27H40N4O5/c1-17(2)35(19-8-7-12-33(16-19)27(39)41-28(4,5)6)25(37)20-15-21-22(14-18(20)3)40-29(9-10-29)26(38)34(21)13-11-32-24(36)23(30)31;1-17(2)31(19-8-7-12-29(16-19)25(34)36-26(4,5)6)23(32)20-15-21-22(14-18(20)3)35-27(9-10-27)24(33)30(21)13-11-28/h14-15,17,19,23H,7-13,16H2,1-6H3,(H,32,36);14-15,17,19H,7-13,16,28H2,1-6H3/t2*19-/m11/s1. The van der Waals surface area contributed by atoms with Crippen LogP contribution in [0.15, 0.2) is 24.3 Å². The maximum absolute atomic E-state index is 14.1. The van der Waals surface area contributed by atoms with Crippen LogP contribution in [0.4, 0.5) is 29.7 Å². The summed E-state index contributed by atoms with van der Waals surface area (Å²) in [5.74, 6) is -1.12. The van der Waals surface area contributed by atoms with Crippen LogP contribution < -0.4 is 30.3 Å². The Hall–Kier alpha value is -6.25. The van der Waals surface area contributed by atoms with Gasteiger partial charge in [0.15, 0.2) is 11.2 Å². The van der Waals surface area contributed by atoms with Gasteiger partial charge in [0.2, 0.25) is 0 Å². The molecule has 8 rings (SSSR count). The maximum atomic E-state index is 14.1. The number of likely N-dealkylation sites (tertiary alicyclic amines) is 2. The summed E-state index contributed by atoms with van der Waals surface area (Å²) in [6, 6.07) is 6.34. The van der Waals surface area contributed by atoms with Crippen molar-refractivity contribution in [2.75, 3.05) is 62.2 Å². The second-order valence-electron chi connectivity index (χ2n) is 23.8. The first-order valence-electron chi connectivity index (χ1n) is 27.2. The van der Waals surface area contributed by atoms with Crippen LogP contribution >= 0.6 is 0 Å². The number of halogens is 2. The van der Waals surface area contributed by atoms with Crippen LogP contribution in [-0.2, 0) is 23.9 Å². The van der Waals surface area contributed by atoms with Crippen LogP contribution in [0.2, 0.25) is 0 Å². The number of rotatable bonds is 12. The molecule has 0 unspecified atom stereocenters. The van der Waals surface area contributed by atoms with Gasteiger partial charge in [0, 0.05) is 101 Å². The number of nitrogens with two attached hydrogens (primary N) is 1. The molecule has 0 aromatic heterocycles. The van der Waals surface area contributed by atoms with E-state index in [1.807, 2.05) is 87.1 Å². The lowest BCUT2D eigenvalue weighted by atomic mass is 9.98. The van der Waals surface area contributed by atoms with Gasteiger partial charge in [-0.25, -0.2) is 9.59 Å². The molecule has 4 fully saturated rings. The summed E-state index contributed by atoms with van der Waals surface area (Å²) in [6.07, 6.45) is 1.56. The molecule has 2 atom stereocenters. The molecule has 424 valence electrons.